The van der Waals surface area contributed by atoms with Crippen molar-refractivity contribution < 1.29 is 9.15 Å². The molecule has 0 radical (unpaired) electrons. The molecule has 0 atom stereocenters. The summed E-state index contributed by atoms with van der Waals surface area (Å²) in [6.07, 6.45) is 1.72. The average Bonchev–Trinajstić information content (AvgIpc) is 2.82. The first kappa shape index (κ1) is 15.6. The Kier molecular flexibility index (Phi) is 4.73. The van der Waals surface area contributed by atoms with Crippen LogP contribution in [-0.4, -0.2) is 5.54 Å². The summed E-state index contributed by atoms with van der Waals surface area (Å²) in [5, 5.41) is 3.47. The van der Waals surface area contributed by atoms with Gasteiger partial charge in [0.25, 0.3) is 0 Å². The monoisotopic (exact) mass is 287 g/mol. The molecule has 114 valence electrons. The topological polar surface area (TPSA) is 34.4 Å². The molecule has 0 saturated heterocycles. The predicted molar refractivity (Wildman–Crippen MR) is 85.5 cm³/mol. The molecule has 0 aliphatic rings. The van der Waals surface area contributed by atoms with Crippen LogP contribution < -0.4 is 10.1 Å². The second-order valence-electron chi connectivity index (χ2n) is 6.53. The Morgan fingerprint density at radius 1 is 1.14 bits per heavy atom. The summed E-state index contributed by atoms with van der Waals surface area (Å²) >= 11 is 0. The highest BCUT2D eigenvalue weighted by Gasteiger charge is 2.13. The van der Waals surface area contributed by atoms with E-state index in [1.807, 2.05) is 12.1 Å². The van der Waals surface area contributed by atoms with Gasteiger partial charge in [0, 0.05) is 17.6 Å². The zero-order chi connectivity index (χ0) is 15.5. The zero-order valence-electron chi connectivity index (χ0n) is 13.6. The number of rotatable bonds is 5. The van der Waals surface area contributed by atoms with Crippen molar-refractivity contribution >= 4 is 0 Å². The third-order valence-electron chi connectivity index (χ3n) is 3.34. The van der Waals surface area contributed by atoms with Crippen LogP contribution in [0.25, 0.3) is 0 Å². The maximum atomic E-state index is 5.89. The summed E-state index contributed by atoms with van der Waals surface area (Å²) < 4.78 is 11.4. The molecule has 0 aliphatic carbocycles. The summed E-state index contributed by atoms with van der Waals surface area (Å²) in [6.45, 7) is 11.8. The molecule has 1 N–H and O–H groups in total. The van der Waals surface area contributed by atoms with Crippen LogP contribution in [0.15, 0.2) is 34.9 Å². The van der Waals surface area contributed by atoms with Crippen LogP contribution in [0.5, 0.6) is 5.75 Å². The largest absolute Gasteiger partial charge is 0.485 e. The molecule has 0 amide bonds. The van der Waals surface area contributed by atoms with Gasteiger partial charge >= 0.3 is 0 Å². The van der Waals surface area contributed by atoms with E-state index in [4.69, 9.17) is 9.15 Å². The maximum Gasteiger partial charge on any atom is 0.146 e. The summed E-state index contributed by atoms with van der Waals surface area (Å²) in [5.41, 5.74) is 3.63. The second-order valence-corrected chi connectivity index (χ2v) is 6.53. The van der Waals surface area contributed by atoms with Crippen molar-refractivity contribution in [3.63, 3.8) is 0 Å². The van der Waals surface area contributed by atoms with Gasteiger partial charge in [0.15, 0.2) is 0 Å². The first-order valence-electron chi connectivity index (χ1n) is 7.35. The van der Waals surface area contributed by atoms with E-state index < -0.39 is 0 Å². The molecule has 2 rings (SSSR count). The average molecular weight is 287 g/mol. The van der Waals surface area contributed by atoms with E-state index in [1.54, 1.807) is 6.26 Å². The van der Waals surface area contributed by atoms with Gasteiger partial charge < -0.3 is 14.5 Å². The minimum absolute atomic E-state index is 0.0863. The van der Waals surface area contributed by atoms with E-state index >= 15 is 0 Å². The molecule has 1 aromatic carbocycles. The van der Waals surface area contributed by atoms with Crippen LogP contribution in [0.2, 0.25) is 0 Å². The highest BCUT2D eigenvalue weighted by atomic mass is 16.5. The quantitative estimate of drug-likeness (QED) is 0.887. The molecule has 3 heteroatoms. The predicted octanol–water partition coefficient (Wildman–Crippen LogP) is 4.36. The maximum absolute atomic E-state index is 5.89. The summed E-state index contributed by atoms with van der Waals surface area (Å²) in [6, 6.07) is 8.20. The molecule has 3 nitrogen and oxygen atoms in total. The Hall–Kier alpha value is -1.74. The molecular weight excluding hydrogens is 262 g/mol. The van der Waals surface area contributed by atoms with E-state index in [1.165, 1.54) is 5.56 Å². The fraction of sp³-hybridized carbons (Fsp3) is 0.444. The van der Waals surface area contributed by atoms with Gasteiger partial charge in [-0.3, -0.25) is 0 Å². The van der Waals surface area contributed by atoms with Crippen LogP contribution in [0.3, 0.4) is 0 Å². The highest BCUT2D eigenvalue weighted by Crippen LogP contribution is 2.21. The SMILES string of the molecule is Cc1ccc(OCc2occc2CNC(C)(C)C)c(C)c1. The lowest BCUT2D eigenvalue weighted by molar-refractivity contribution is 0.265. The molecule has 0 spiro atoms. The molecule has 0 saturated carbocycles. The normalized spacial score (nSPS) is 11.7. The van der Waals surface area contributed by atoms with Gasteiger partial charge in [-0.25, -0.2) is 0 Å². The van der Waals surface area contributed by atoms with Crippen LogP contribution in [0.1, 0.15) is 43.2 Å². The van der Waals surface area contributed by atoms with Gasteiger partial charge in [-0.15, -0.1) is 0 Å². The Morgan fingerprint density at radius 3 is 2.57 bits per heavy atom. The number of hydrogen-bond donors (Lipinski definition) is 1. The Balaban J connectivity index is 1.99. The molecule has 0 fully saturated rings. The first-order chi connectivity index (χ1) is 9.85. The van der Waals surface area contributed by atoms with E-state index in [-0.39, 0.29) is 5.54 Å². The Labute approximate surface area is 127 Å². The number of nitrogens with one attached hydrogen (secondary N) is 1. The number of aryl methyl sites for hydroxylation is 2. The lowest BCUT2D eigenvalue weighted by atomic mass is 10.1. The van der Waals surface area contributed by atoms with E-state index in [0.29, 0.717) is 6.61 Å². The van der Waals surface area contributed by atoms with Crippen molar-refractivity contribution in [1.82, 2.24) is 5.32 Å². The number of furan rings is 1. The van der Waals surface area contributed by atoms with Crippen LogP contribution in [0, 0.1) is 13.8 Å². The fourth-order valence-electron chi connectivity index (χ4n) is 2.12. The zero-order valence-corrected chi connectivity index (χ0v) is 13.6. The van der Waals surface area contributed by atoms with Crippen molar-refractivity contribution in [3.8, 4) is 5.75 Å². The lowest BCUT2D eigenvalue weighted by Crippen LogP contribution is -2.35. The molecule has 0 aliphatic heterocycles. The molecule has 0 bridgehead atoms. The number of ether oxygens (including phenoxy) is 1. The van der Waals surface area contributed by atoms with Gasteiger partial charge in [-0.05, 0) is 52.3 Å². The van der Waals surface area contributed by atoms with Crippen molar-refractivity contribution in [2.24, 2.45) is 0 Å². The van der Waals surface area contributed by atoms with Crippen molar-refractivity contribution in [2.45, 2.75) is 53.3 Å². The van der Waals surface area contributed by atoms with Gasteiger partial charge in [0.05, 0.1) is 6.26 Å². The number of benzene rings is 1. The standard InChI is InChI=1S/C18H25NO2/c1-13-6-7-16(14(2)10-13)21-12-17-15(8-9-20-17)11-19-18(3,4)5/h6-10,19H,11-12H2,1-5H3. The molecule has 2 aromatic rings. The third kappa shape index (κ3) is 4.64. The van der Waals surface area contributed by atoms with Crippen molar-refractivity contribution in [3.05, 3.63) is 53.0 Å². The van der Waals surface area contributed by atoms with Crippen molar-refractivity contribution in [2.75, 3.05) is 0 Å². The van der Waals surface area contributed by atoms with Gasteiger partial charge in [-0.1, -0.05) is 17.7 Å². The van der Waals surface area contributed by atoms with E-state index in [2.05, 4.69) is 52.1 Å². The molecule has 0 unspecified atom stereocenters. The molecule has 1 aromatic heterocycles. The first-order valence-corrected chi connectivity index (χ1v) is 7.35. The van der Waals surface area contributed by atoms with Crippen LogP contribution >= 0.6 is 0 Å². The minimum Gasteiger partial charge on any atom is -0.485 e. The van der Waals surface area contributed by atoms with Gasteiger partial charge in [0.1, 0.15) is 18.1 Å². The smallest absolute Gasteiger partial charge is 0.146 e. The Morgan fingerprint density at radius 2 is 1.90 bits per heavy atom. The number of hydrogen-bond acceptors (Lipinski definition) is 3. The fourth-order valence-corrected chi connectivity index (χ4v) is 2.12. The Bertz CT molecular complexity index is 594. The van der Waals surface area contributed by atoms with Crippen molar-refractivity contribution in [1.29, 1.82) is 0 Å². The second kappa shape index (κ2) is 6.35. The lowest BCUT2D eigenvalue weighted by Gasteiger charge is -2.20. The van der Waals surface area contributed by atoms with Gasteiger partial charge in [0.2, 0.25) is 0 Å². The molecule has 21 heavy (non-hydrogen) atoms. The highest BCUT2D eigenvalue weighted by molar-refractivity contribution is 5.35. The minimum atomic E-state index is 0.0863. The summed E-state index contributed by atoms with van der Waals surface area (Å²) in [5.74, 6) is 1.79. The van der Waals surface area contributed by atoms with Gasteiger partial charge in [-0.2, -0.15) is 0 Å². The van der Waals surface area contributed by atoms with Crippen LogP contribution in [-0.2, 0) is 13.2 Å². The van der Waals surface area contributed by atoms with E-state index in [0.717, 1.165) is 29.2 Å². The molecular formula is C18H25NO2. The molecule has 1 heterocycles. The van der Waals surface area contributed by atoms with Crippen LogP contribution in [0.4, 0.5) is 0 Å². The summed E-state index contributed by atoms with van der Waals surface area (Å²) in [4.78, 5) is 0. The van der Waals surface area contributed by atoms with E-state index in [9.17, 15) is 0 Å². The third-order valence-corrected chi connectivity index (χ3v) is 3.34. The summed E-state index contributed by atoms with van der Waals surface area (Å²) in [7, 11) is 0.